The second-order valence-corrected chi connectivity index (χ2v) is 3.19. The Morgan fingerprint density at radius 3 is 2.64 bits per heavy atom. The normalized spacial score (nSPS) is 14.1. The fraction of sp³-hybridized carbons (Fsp3) is 0.444. The first-order chi connectivity index (χ1) is 6.41. The van der Waals surface area contributed by atoms with Crippen LogP contribution < -0.4 is 5.73 Å². The molecule has 5 heteroatoms. The number of halogens is 3. The van der Waals surface area contributed by atoms with Crippen molar-refractivity contribution in [2.45, 2.75) is 25.6 Å². The summed E-state index contributed by atoms with van der Waals surface area (Å²) in [6, 6.07) is 2.58. The van der Waals surface area contributed by atoms with E-state index in [0.29, 0.717) is 0 Å². The van der Waals surface area contributed by atoms with E-state index in [0.717, 1.165) is 6.20 Å². The second-order valence-electron chi connectivity index (χ2n) is 3.19. The third kappa shape index (κ3) is 2.70. The molecule has 0 aliphatic rings. The van der Waals surface area contributed by atoms with E-state index < -0.39 is 11.9 Å². The van der Waals surface area contributed by atoms with Gasteiger partial charge in [0.2, 0.25) is 0 Å². The Bertz CT molecular complexity index is 307. The van der Waals surface area contributed by atoms with Crippen LogP contribution in [0.15, 0.2) is 18.3 Å². The molecule has 14 heavy (non-hydrogen) atoms. The van der Waals surface area contributed by atoms with Gasteiger partial charge >= 0.3 is 6.18 Å². The zero-order valence-corrected chi connectivity index (χ0v) is 7.67. The Morgan fingerprint density at radius 2 is 2.14 bits per heavy atom. The van der Waals surface area contributed by atoms with E-state index in [1.54, 1.807) is 6.92 Å². The van der Waals surface area contributed by atoms with Gasteiger partial charge in [0.15, 0.2) is 0 Å². The Hall–Kier alpha value is -1.10. The van der Waals surface area contributed by atoms with Crippen LogP contribution in [-0.2, 0) is 12.6 Å². The van der Waals surface area contributed by atoms with Gasteiger partial charge in [-0.3, -0.25) is 4.98 Å². The molecular formula is C9H11F3N2. The van der Waals surface area contributed by atoms with E-state index in [1.165, 1.54) is 12.1 Å². The van der Waals surface area contributed by atoms with Gasteiger partial charge in [-0.05, 0) is 25.0 Å². The second kappa shape index (κ2) is 3.96. The van der Waals surface area contributed by atoms with Gasteiger partial charge < -0.3 is 5.73 Å². The summed E-state index contributed by atoms with van der Waals surface area (Å²) in [5, 5.41) is 0. The van der Waals surface area contributed by atoms with Crippen LogP contribution >= 0.6 is 0 Å². The maximum Gasteiger partial charge on any atom is 0.433 e. The molecule has 0 radical (unpaired) electrons. The molecule has 0 aliphatic carbocycles. The Morgan fingerprint density at radius 1 is 1.50 bits per heavy atom. The average molecular weight is 204 g/mol. The van der Waals surface area contributed by atoms with Crippen LogP contribution in [0.25, 0.3) is 0 Å². The lowest BCUT2D eigenvalue weighted by molar-refractivity contribution is -0.141. The first-order valence-corrected chi connectivity index (χ1v) is 4.18. The average Bonchev–Trinajstić information content (AvgIpc) is 2.01. The summed E-state index contributed by atoms with van der Waals surface area (Å²) >= 11 is 0. The van der Waals surface area contributed by atoms with Crippen molar-refractivity contribution in [3.63, 3.8) is 0 Å². The molecule has 0 aromatic carbocycles. The Kier molecular flexibility index (Phi) is 3.10. The highest BCUT2D eigenvalue weighted by Gasteiger charge is 2.34. The highest BCUT2D eigenvalue weighted by atomic mass is 19.4. The highest BCUT2D eigenvalue weighted by molar-refractivity contribution is 5.23. The molecule has 1 rings (SSSR count). The largest absolute Gasteiger partial charge is 0.433 e. The topological polar surface area (TPSA) is 38.9 Å². The molecule has 1 atom stereocenters. The molecule has 1 heterocycles. The third-order valence-electron chi connectivity index (χ3n) is 1.70. The minimum Gasteiger partial charge on any atom is -0.328 e. The molecule has 0 spiro atoms. The summed E-state index contributed by atoms with van der Waals surface area (Å²) in [5.41, 5.74) is 4.75. The number of pyridine rings is 1. The van der Waals surface area contributed by atoms with Gasteiger partial charge in [-0.15, -0.1) is 0 Å². The molecule has 2 nitrogen and oxygen atoms in total. The van der Waals surface area contributed by atoms with Crippen LogP contribution in [0, 0.1) is 0 Å². The number of nitrogens with zero attached hydrogens (tertiary/aromatic N) is 1. The minimum absolute atomic E-state index is 0.148. The van der Waals surface area contributed by atoms with E-state index in [-0.39, 0.29) is 18.0 Å². The van der Waals surface area contributed by atoms with Gasteiger partial charge in [0.1, 0.15) is 5.69 Å². The maximum atomic E-state index is 12.4. The lowest BCUT2D eigenvalue weighted by atomic mass is 10.1. The number of hydrogen-bond donors (Lipinski definition) is 1. The molecule has 2 N–H and O–H groups in total. The van der Waals surface area contributed by atoms with E-state index in [4.69, 9.17) is 5.73 Å². The van der Waals surface area contributed by atoms with Crippen molar-refractivity contribution in [2.75, 3.05) is 0 Å². The molecule has 0 saturated carbocycles. The lowest BCUT2D eigenvalue weighted by Gasteiger charge is -2.12. The van der Waals surface area contributed by atoms with Gasteiger partial charge in [-0.1, -0.05) is 6.07 Å². The van der Waals surface area contributed by atoms with Crippen LogP contribution in [0.2, 0.25) is 0 Å². The van der Waals surface area contributed by atoms with Crippen molar-refractivity contribution in [3.05, 3.63) is 29.6 Å². The summed E-state index contributed by atoms with van der Waals surface area (Å²) < 4.78 is 37.2. The molecular weight excluding hydrogens is 193 g/mol. The predicted molar refractivity (Wildman–Crippen MR) is 46.6 cm³/mol. The van der Waals surface area contributed by atoms with Crippen molar-refractivity contribution in [1.29, 1.82) is 0 Å². The number of alkyl halides is 3. The van der Waals surface area contributed by atoms with Crippen LogP contribution in [0.5, 0.6) is 0 Å². The predicted octanol–water partition coefficient (Wildman–Crippen LogP) is 1.99. The summed E-state index contributed by atoms with van der Waals surface area (Å²) in [7, 11) is 0. The van der Waals surface area contributed by atoms with Crippen LogP contribution in [0.4, 0.5) is 13.2 Å². The zero-order chi connectivity index (χ0) is 10.8. The highest BCUT2D eigenvalue weighted by Crippen LogP contribution is 2.30. The van der Waals surface area contributed by atoms with Gasteiger partial charge in [-0.2, -0.15) is 13.2 Å². The molecule has 0 aliphatic heterocycles. The minimum atomic E-state index is -4.40. The van der Waals surface area contributed by atoms with E-state index in [1.807, 2.05) is 0 Å². The van der Waals surface area contributed by atoms with Crippen molar-refractivity contribution in [1.82, 2.24) is 4.98 Å². The summed E-state index contributed by atoms with van der Waals surface area (Å²) in [6.45, 7) is 1.66. The first-order valence-electron chi connectivity index (χ1n) is 4.18. The maximum absolute atomic E-state index is 12.4. The van der Waals surface area contributed by atoms with Crippen molar-refractivity contribution in [2.24, 2.45) is 5.73 Å². The third-order valence-corrected chi connectivity index (χ3v) is 1.70. The van der Waals surface area contributed by atoms with Gasteiger partial charge in [0, 0.05) is 12.2 Å². The number of aromatic nitrogens is 1. The van der Waals surface area contributed by atoms with Crippen LogP contribution in [0.1, 0.15) is 18.2 Å². The molecule has 0 fully saturated rings. The molecule has 0 bridgehead atoms. The zero-order valence-electron chi connectivity index (χ0n) is 7.67. The number of hydrogen-bond acceptors (Lipinski definition) is 2. The quantitative estimate of drug-likeness (QED) is 0.800. The van der Waals surface area contributed by atoms with E-state index in [2.05, 4.69) is 4.98 Å². The SMILES string of the molecule is C[C@@H](N)Cc1cccnc1C(F)(F)F. The molecule has 0 unspecified atom stereocenters. The Labute approximate surface area is 79.9 Å². The molecule has 1 aromatic heterocycles. The summed E-state index contributed by atoms with van der Waals surface area (Å²) in [5.74, 6) is 0. The first kappa shape index (κ1) is 11.0. The van der Waals surface area contributed by atoms with Crippen molar-refractivity contribution < 1.29 is 13.2 Å². The molecule has 78 valence electrons. The fourth-order valence-corrected chi connectivity index (χ4v) is 1.21. The van der Waals surface area contributed by atoms with Gasteiger partial charge in [0.05, 0.1) is 0 Å². The summed E-state index contributed by atoms with van der Waals surface area (Å²) in [4.78, 5) is 3.32. The number of nitrogens with two attached hydrogens (primary N) is 1. The van der Waals surface area contributed by atoms with Crippen LogP contribution in [-0.4, -0.2) is 11.0 Å². The van der Waals surface area contributed by atoms with Gasteiger partial charge in [0.25, 0.3) is 0 Å². The van der Waals surface area contributed by atoms with Gasteiger partial charge in [-0.25, -0.2) is 0 Å². The monoisotopic (exact) mass is 204 g/mol. The van der Waals surface area contributed by atoms with Crippen LogP contribution in [0.3, 0.4) is 0 Å². The lowest BCUT2D eigenvalue weighted by Crippen LogP contribution is -2.21. The smallest absolute Gasteiger partial charge is 0.328 e. The molecule has 0 saturated heterocycles. The fourth-order valence-electron chi connectivity index (χ4n) is 1.21. The molecule has 0 amide bonds. The Balaban J connectivity index is 3.04. The van der Waals surface area contributed by atoms with E-state index in [9.17, 15) is 13.2 Å². The summed E-state index contributed by atoms with van der Waals surface area (Å²) in [6.07, 6.45) is -3.08. The van der Waals surface area contributed by atoms with Crippen molar-refractivity contribution in [3.8, 4) is 0 Å². The standard InChI is InChI=1S/C9H11F3N2/c1-6(13)5-7-3-2-4-14-8(7)9(10,11)12/h2-4,6H,5,13H2,1H3/t6-/m1/s1. The van der Waals surface area contributed by atoms with Crippen molar-refractivity contribution >= 4 is 0 Å². The molecule has 1 aromatic rings. The van der Waals surface area contributed by atoms with E-state index >= 15 is 0 Å². The number of rotatable bonds is 2.